The number of carbonyl (C=O) groups is 1. The summed E-state index contributed by atoms with van der Waals surface area (Å²) < 4.78 is 5.42. The number of nitrogens with zero attached hydrogens (tertiary/aromatic N) is 2. The van der Waals surface area contributed by atoms with E-state index in [1.165, 1.54) is 12.1 Å². The SMILES string of the molecule is CCOc1ccccc1NC(=O)c1ccc(Cl)nn1. The van der Waals surface area contributed by atoms with Crippen molar-refractivity contribution < 1.29 is 9.53 Å². The van der Waals surface area contributed by atoms with Gasteiger partial charge in [-0.2, -0.15) is 0 Å². The Kier molecular flexibility index (Phi) is 4.30. The van der Waals surface area contributed by atoms with Gasteiger partial charge in [0.1, 0.15) is 5.75 Å². The largest absolute Gasteiger partial charge is 0.492 e. The van der Waals surface area contributed by atoms with Gasteiger partial charge in [-0.15, -0.1) is 10.2 Å². The molecule has 1 N–H and O–H groups in total. The van der Waals surface area contributed by atoms with Gasteiger partial charge in [0, 0.05) is 0 Å². The number of ether oxygens (including phenoxy) is 1. The molecule has 19 heavy (non-hydrogen) atoms. The second-order valence-electron chi connectivity index (χ2n) is 3.62. The molecular formula is C13H12ClN3O2. The van der Waals surface area contributed by atoms with E-state index >= 15 is 0 Å². The maximum atomic E-state index is 12.0. The monoisotopic (exact) mass is 277 g/mol. The van der Waals surface area contributed by atoms with E-state index in [1.54, 1.807) is 12.1 Å². The fraction of sp³-hybridized carbons (Fsp3) is 0.154. The van der Waals surface area contributed by atoms with Gasteiger partial charge in [0.25, 0.3) is 5.91 Å². The summed E-state index contributed by atoms with van der Waals surface area (Å²) in [7, 11) is 0. The second-order valence-corrected chi connectivity index (χ2v) is 4.01. The summed E-state index contributed by atoms with van der Waals surface area (Å²) in [5.74, 6) is 0.247. The lowest BCUT2D eigenvalue weighted by Gasteiger charge is -2.10. The number of anilines is 1. The highest BCUT2D eigenvalue weighted by molar-refractivity contribution is 6.29. The number of aromatic nitrogens is 2. The lowest BCUT2D eigenvalue weighted by molar-refractivity contribution is 0.102. The molecule has 0 unspecified atom stereocenters. The first-order chi connectivity index (χ1) is 9.20. The minimum atomic E-state index is -0.365. The van der Waals surface area contributed by atoms with E-state index in [0.29, 0.717) is 18.0 Å². The number of hydrogen-bond acceptors (Lipinski definition) is 4. The zero-order valence-corrected chi connectivity index (χ0v) is 11.0. The Balaban J connectivity index is 2.16. The summed E-state index contributed by atoms with van der Waals surface area (Å²) in [4.78, 5) is 12.0. The first-order valence-electron chi connectivity index (χ1n) is 5.73. The van der Waals surface area contributed by atoms with Crippen LogP contribution in [0.1, 0.15) is 17.4 Å². The van der Waals surface area contributed by atoms with Crippen LogP contribution in [0.3, 0.4) is 0 Å². The molecule has 5 nitrogen and oxygen atoms in total. The van der Waals surface area contributed by atoms with Crippen LogP contribution in [0.15, 0.2) is 36.4 Å². The number of amides is 1. The molecule has 0 radical (unpaired) electrons. The van der Waals surface area contributed by atoms with Gasteiger partial charge in [-0.1, -0.05) is 23.7 Å². The normalized spacial score (nSPS) is 10.0. The molecule has 0 saturated carbocycles. The van der Waals surface area contributed by atoms with Gasteiger partial charge in [-0.25, -0.2) is 0 Å². The van der Waals surface area contributed by atoms with Gasteiger partial charge in [-0.3, -0.25) is 4.79 Å². The molecule has 2 rings (SSSR count). The predicted molar refractivity (Wildman–Crippen MR) is 72.6 cm³/mol. The lowest BCUT2D eigenvalue weighted by atomic mass is 10.2. The summed E-state index contributed by atoms with van der Waals surface area (Å²) in [6.45, 7) is 2.40. The number of halogens is 1. The molecule has 0 fully saturated rings. The summed E-state index contributed by atoms with van der Waals surface area (Å²) in [5, 5.41) is 10.3. The third-order valence-corrected chi connectivity index (χ3v) is 2.50. The summed E-state index contributed by atoms with van der Waals surface area (Å²) >= 11 is 5.62. The molecule has 2 aromatic rings. The quantitative estimate of drug-likeness (QED) is 0.933. The number of para-hydroxylation sites is 2. The molecule has 0 spiro atoms. The van der Waals surface area contributed by atoms with E-state index in [9.17, 15) is 4.79 Å². The van der Waals surface area contributed by atoms with Gasteiger partial charge >= 0.3 is 0 Å². The van der Waals surface area contributed by atoms with Crippen LogP contribution in [-0.2, 0) is 0 Å². The van der Waals surface area contributed by atoms with E-state index in [4.69, 9.17) is 16.3 Å². The van der Waals surface area contributed by atoms with Gasteiger partial charge < -0.3 is 10.1 Å². The van der Waals surface area contributed by atoms with Crippen LogP contribution in [0.25, 0.3) is 0 Å². The maximum absolute atomic E-state index is 12.0. The fourth-order valence-electron chi connectivity index (χ4n) is 1.47. The van der Waals surface area contributed by atoms with Crippen LogP contribution in [0.2, 0.25) is 5.15 Å². The van der Waals surface area contributed by atoms with E-state index < -0.39 is 0 Å². The third kappa shape index (κ3) is 3.42. The first kappa shape index (κ1) is 13.3. The van der Waals surface area contributed by atoms with Crippen molar-refractivity contribution in [2.75, 3.05) is 11.9 Å². The maximum Gasteiger partial charge on any atom is 0.276 e. The minimum absolute atomic E-state index is 0.190. The van der Waals surface area contributed by atoms with Crippen molar-refractivity contribution in [2.45, 2.75) is 6.92 Å². The number of nitrogens with one attached hydrogen (secondary N) is 1. The molecule has 0 aliphatic heterocycles. The zero-order chi connectivity index (χ0) is 13.7. The molecule has 0 saturated heterocycles. The van der Waals surface area contributed by atoms with Gasteiger partial charge in [0.2, 0.25) is 0 Å². The van der Waals surface area contributed by atoms with Crippen LogP contribution in [0, 0.1) is 0 Å². The molecule has 1 aromatic carbocycles. The fourth-order valence-corrected chi connectivity index (χ4v) is 1.58. The van der Waals surface area contributed by atoms with Crippen LogP contribution in [0.5, 0.6) is 5.75 Å². The Bertz CT molecular complexity index is 572. The minimum Gasteiger partial charge on any atom is -0.492 e. The molecule has 0 bridgehead atoms. The van der Waals surface area contributed by atoms with Crippen molar-refractivity contribution in [1.82, 2.24) is 10.2 Å². The van der Waals surface area contributed by atoms with Crippen LogP contribution in [0.4, 0.5) is 5.69 Å². The highest BCUT2D eigenvalue weighted by Crippen LogP contribution is 2.24. The van der Waals surface area contributed by atoms with Crippen molar-refractivity contribution in [1.29, 1.82) is 0 Å². The van der Waals surface area contributed by atoms with Crippen molar-refractivity contribution in [3.63, 3.8) is 0 Å². The molecule has 0 aliphatic rings. The summed E-state index contributed by atoms with van der Waals surface area (Å²) in [6.07, 6.45) is 0. The number of benzene rings is 1. The van der Waals surface area contributed by atoms with Crippen LogP contribution < -0.4 is 10.1 Å². The first-order valence-corrected chi connectivity index (χ1v) is 6.11. The number of carbonyl (C=O) groups excluding carboxylic acids is 1. The van der Waals surface area contributed by atoms with Crippen LogP contribution >= 0.6 is 11.6 Å². The molecule has 98 valence electrons. The Labute approximate surface area is 115 Å². The number of hydrogen-bond donors (Lipinski definition) is 1. The van der Waals surface area contributed by atoms with Crippen molar-refractivity contribution in [3.8, 4) is 5.75 Å². The standard InChI is InChI=1S/C13H12ClN3O2/c1-2-19-11-6-4-3-5-9(11)15-13(18)10-7-8-12(14)17-16-10/h3-8H,2H2,1H3,(H,15,18). The predicted octanol–water partition coefficient (Wildman–Crippen LogP) is 2.78. The molecule has 1 heterocycles. The topological polar surface area (TPSA) is 64.1 Å². The highest BCUT2D eigenvalue weighted by atomic mass is 35.5. The van der Waals surface area contributed by atoms with Gasteiger partial charge in [0.05, 0.1) is 12.3 Å². The van der Waals surface area contributed by atoms with E-state index in [-0.39, 0.29) is 16.8 Å². The van der Waals surface area contributed by atoms with Gasteiger partial charge in [0.15, 0.2) is 10.8 Å². The summed E-state index contributed by atoms with van der Waals surface area (Å²) in [6, 6.07) is 10.2. The van der Waals surface area contributed by atoms with Crippen molar-refractivity contribution >= 4 is 23.2 Å². The average Bonchev–Trinajstić information content (AvgIpc) is 2.42. The van der Waals surface area contributed by atoms with Crippen LogP contribution in [-0.4, -0.2) is 22.7 Å². The van der Waals surface area contributed by atoms with Crippen molar-refractivity contribution in [3.05, 3.63) is 47.2 Å². The zero-order valence-electron chi connectivity index (χ0n) is 10.3. The van der Waals surface area contributed by atoms with Gasteiger partial charge in [-0.05, 0) is 31.2 Å². The second kappa shape index (κ2) is 6.15. The highest BCUT2D eigenvalue weighted by Gasteiger charge is 2.11. The van der Waals surface area contributed by atoms with E-state index in [1.807, 2.05) is 19.1 Å². The molecular weight excluding hydrogens is 266 g/mol. The lowest BCUT2D eigenvalue weighted by Crippen LogP contribution is -2.15. The van der Waals surface area contributed by atoms with E-state index in [0.717, 1.165) is 0 Å². The molecule has 0 aliphatic carbocycles. The molecule has 0 atom stereocenters. The van der Waals surface area contributed by atoms with E-state index in [2.05, 4.69) is 15.5 Å². The Hall–Kier alpha value is -2.14. The Morgan fingerprint density at radius 1 is 1.26 bits per heavy atom. The van der Waals surface area contributed by atoms with Crippen molar-refractivity contribution in [2.24, 2.45) is 0 Å². The third-order valence-electron chi connectivity index (χ3n) is 2.30. The molecule has 1 amide bonds. The molecule has 1 aromatic heterocycles. The Morgan fingerprint density at radius 3 is 2.74 bits per heavy atom. The molecule has 6 heteroatoms. The number of rotatable bonds is 4. The Morgan fingerprint density at radius 2 is 2.05 bits per heavy atom. The average molecular weight is 278 g/mol. The smallest absolute Gasteiger partial charge is 0.276 e. The summed E-state index contributed by atoms with van der Waals surface area (Å²) in [5.41, 5.74) is 0.779.